The minimum Gasteiger partial charge on any atom is -0.387 e. The van der Waals surface area contributed by atoms with Gasteiger partial charge in [-0.2, -0.15) is 0 Å². The predicted molar refractivity (Wildman–Crippen MR) is 78.9 cm³/mol. The Balaban J connectivity index is 1.97. The molecule has 0 fully saturated rings. The van der Waals surface area contributed by atoms with Gasteiger partial charge >= 0.3 is 0 Å². The predicted octanol–water partition coefficient (Wildman–Crippen LogP) is 2.47. The van der Waals surface area contributed by atoms with Crippen LogP contribution in [0.1, 0.15) is 21.6 Å². The number of amides is 1. The highest BCUT2D eigenvalue weighted by Gasteiger charge is 2.10. The zero-order valence-electron chi connectivity index (χ0n) is 11.1. The second-order valence-corrected chi connectivity index (χ2v) is 5.00. The third kappa shape index (κ3) is 3.54. The van der Waals surface area contributed by atoms with Crippen molar-refractivity contribution in [2.45, 2.75) is 13.3 Å². The fourth-order valence-electron chi connectivity index (χ4n) is 1.82. The number of aryl methyl sites for hydroxylation is 1. The lowest BCUT2D eigenvalue weighted by Crippen LogP contribution is -2.26. The molecule has 0 aliphatic heterocycles. The van der Waals surface area contributed by atoms with Crippen molar-refractivity contribution in [3.05, 3.63) is 45.9 Å². The minimum atomic E-state index is -0.0525. The lowest BCUT2D eigenvalue weighted by Gasteiger charge is -2.10. The fourth-order valence-corrected chi connectivity index (χ4v) is 2.42. The lowest BCUT2D eigenvalue weighted by molar-refractivity contribution is 0.0955. The van der Waals surface area contributed by atoms with Gasteiger partial charge in [-0.05, 0) is 19.1 Å². The molecule has 0 unspecified atom stereocenters. The Hall–Kier alpha value is -1.88. The molecule has 1 aromatic heterocycles. The van der Waals surface area contributed by atoms with Gasteiger partial charge in [0.05, 0.1) is 16.8 Å². The standard InChI is InChI=1S/C14H17N3OS/c1-10-3-4-13(15-2)12(7-10)14(18)16-6-5-11-8-19-9-17-11/h3-4,7-9,15H,5-6H2,1-2H3,(H,16,18). The average Bonchev–Trinajstić information content (AvgIpc) is 2.91. The Bertz CT molecular complexity index is 552. The molecule has 1 amide bonds. The summed E-state index contributed by atoms with van der Waals surface area (Å²) in [4.78, 5) is 16.3. The number of rotatable bonds is 5. The van der Waals surface area contributed by atoms with Gasteiger partial charge in [0.15, 0.2) is 0 Å². The van der Waals surface area contributed by atoms with Gasteiger partial charge in [-0.1, -0.05) is 11.6 Å². The molecule has 2 N–H and O–H groups in total. The molecule has 2 aromatic rings. The minimum absolute atomic E-state index is 0.0525. The Kier molecular flexibility index (Phi) is 4.52. The van der Waals surface area contributed by atoms with Gasteiger partial charge in [0.2, 0.25) is 0 Å². The molecule has 0 atom stereocenters. The van der Waals surface area contributed by atoms with Crippen molar-refractivity contribution in [3.63, 3.8) is 0 Å². The van der Waals surface area contributed by atoms with Crippen LogP contribution in [-0.2, 0) is 6.42 Å². The van der Waals surface area contributed by atoms with Crippen molar-refractivity contribution < 1.29 is 4.79 Å². The summed E-state index contributed by atoms with van der Waals surface area (Å²) in [5.74, 6) is -0.0525. The van der Waals surface area contributed by atoms with Crippen LogP contribution in [0, 0.1) is 6.92 Å². The Morgan fingerprint density at radius 2 is 2.26 bits per heavy atom. The van der Waals surface area contributed by atoms with Gasteiger partial charge in [-0.15, -0.1) is 11.3 Å². The van der Waals surface area contributed by atoms with Crippen LogP contribution in [0.5, 0.6) is 0 Å². The van der Waals surface area contributed by atoms with Gasteiger partial charge in [-0.3, -0.25) is 4.79 Å². The van der Waals surface area contributed by atoms with Crippen LogP contribution < -0.4 is 10.6 Å². The molecule has 100 valence electrons. The van der Waals surface area contributed by atoms with Crippen molar-refractivity contribution in [1.82, 2.24) is 10.3 Å². The summed E-state index contributed by atoms with van der Waals surface area (Å²) in [7, 11) is 1.82. The number of hydrogen-bond donors (Lipinski definition) is 2. The number of nitrogens with one attached hydrogen (secondary N) is 2. The highest BCUT2D eigenvalue weighted by atomic mass is 32.1. The molecule has 0 saturated carbocycles. The van der Waals surface area contributed by atoms with Crippen molar-refractivity contribution in [1.29, 1.82) is 0 Å². The van der Waals surface area contributed by atoms with Crippen molar-refractivity contribution in [2.75, 3.05) is 18.9 Å². The summed E-state index contributed by atoms with van der Waals surface area (Å²) in [6.07, 6.45) is 0.760. The zero-order valence-corrected chi connectivity index (χ0v) is 11.9. The van der Waals surface area contributed by atoms with Crippen LogP contribution in [-0.4, -0.2) is 24.5 Å². The smallest absolute Gasteiger partial charge is 0.253 e. The number of carbonyl (C=O) groups is 1. The number of anilines is 1. The van der Waals surface area contributed by atoms with E-state index in [0.29, 0.717) is 12.1 Å². The van der Waals surface area contributed by atoms with E-state index in [4.69, 9.17) is 0 Å². The van der Waals surface area contributed by atoms with Crippen LogP contribution in [0.3, 0.4) is 0 Å². The SMILES string of the molecule is CNc1ccc(C)cc1C(=O)NCCc1cscn1. The first-order chi connectivity index (χ1) is 9.20. The van der Waals surface area contributed by atoms with E-state index in [-0.39, 0.29) is 5.91 Å². The van der Waals surface area contributed by atoms with Gasteiger partial charge in [0.25, 0.3) is 5.91 Å². The van der Waals surface area contributed by atoms with E-state index in [2.05, 4.69) is 15.6 Å². The summed E-state index contributed by atoms with van der Waals surface area (Å²) in [5.41, 5.74) is 5.42. The largest absolute Gasteiger partial charge is 0.387 e. The Labute approximate surface area is 116 Å². The molecule has 1 heterocycles. The number of nitrogens with zero attached hydrogens (tertiary/aromatic N) is 1. The summed E-state index contributed by atoms with van der Waals surface area (Å²) < 4.78 is 0. The van der Waals surface area contributed by atoms with Crippen LogP contribution in [0.25, 0.3) is 0 Å². The second kappa shape index (κ2) is 6.33. The molecule has 0 aliphatic carbocycles. The van der Waals surface area contributed by atoms with E-state index in [9.17, 15) is 4.79 Å². The molecule has 0 saturated heterocycles. The number of aromatic nitrogens is 1. The van der Waals surface area contributed by atoms with E-state index in [1.807, 2.05) is 37.6 Å². The molecule has 0 radical (unpaired) electrons. The first kappa shape index (κ1) is 13.5. The topological polar surface area (TPSA) is 54.0 Å². The molecule has 2 rings (SSSR count). The van der Waals surface area contributed by atoms with E-state index < -0.39 is 0 Å². The lowest BCUT2D eigenvalue weighted by atomic mass is 10.1. The van der Waals surface area contributed by atoms with Crippen LogP contribution in [0.4, 0.5) is 5.69 Å². The zero-order chi connectivity index (χ0) is 13.7. The summed E-state index contributed by atoms with van der Waals surface area (Å²) in [6.45, 7) is 2.57. The van der Waals surface area contributed by atoms with Gasteiger partial charge in [0.1, 0.15) is 0 Å². The van der Waals surface area contributed by atoms with Crippen molar-refractivity contribution in [3.8, 4) is 0 Å². The van der Waals surface area contributed by atoms with E-state index in [0.717, 1.165) is 23.4 Å². The van der Waals surface area contributed by atoms with Crippen LogP contribution in [0.15, 0.2) is 29.1 Å². The maximum Gasteiger partial charge on any atom is 0.253 e. The van der Waals surface area contributed by atoms with E-state index in [1.165, 1.54) is 0 Å². The highest BCUT2D eigenvalue weighted by Crippen LogP contribution is 2.16. The third-order valence-corrected chi connectivity index (χ3v) is 3.47. The monoisotopic (exact) mass is 275 g/mol. The van der Waals surface area contributed by atoms with Gasteiger partial charge < -0.3 is 10.6 Å². The van der Waals surface area contributed by atoms with Crippen LogP contribution in [0.2, 0.25) is 0 Å². The number of hydrogen-bond acceptors (Lipinski definition) is 4. The number of benzene rings is 1. The quantitative estimate of drug-likeness (QED) is 0.881. The number of thiazole rings is 1. The molecule has 1 aromatic carbocycles. The summed E-state index contributed by atoms with van der Waals surface area (Å²) >= 11 is 1.57. The number of carbonyl (C=O) groups excluding carboxylic acids is 1. The molecule has 19 heavy (non-hydrogen) atoms. The Morgan fingerprint density at radius 1 is 1.42 bits per heavy atom. The molecule has 0 aliphatic rings. The molecular formula is C14H17N3OS. The van der Waals surface area contributed by atoms with E-state index in [1.54, 1.807) is 16.8 Å². The van der Waals surface area contributed by atoms with Crippen molar-refractivity contribution in [2.24, 2.45) is 0 Å². The molecule has 0 bridgehead atoms. The molecular weight excluding hydrogens is 258 g/mol. The Morgan fingerprint density at radius 3 is 2.95 bits per heavy atom. The first-order valence-corrected chi connectivity index (χ1v) is 7.08. The average molecular weight is 275 g/mol. The van der Waals surface area contributed by atoms with Gasteiger partial charge in [0, 0.05) is 31.1 Å². The van der Waals surface area contributed by atoms with Crippen LogP contribution >= 0.6 is 11.3 Å². The normalized spacial score (nSPS) is 10.2. The summed E-state index contributed by atoms with van der Waals surface area (Å²) in [5, 5.41) is 7.96. The van der Waals surface area contributed by atoms with Crippen molar-refractivity contribution >= 4 is 22.9 Å². The fraction of sp³-hybridized carbons (Fsp3) is 0.286. The molecule has 4 nitrogen and oxygen atoms in total. The maximum atomic E-state index is 12.1. The first-order valence-electron chi connectivity index (χ1n) is 6.14. The molecule has 5 heteroatoms. The molecule has 0 spiro atoms. The second-order valence-electron chi connectivity index (χ2n) is 4.28. The van der Waals surface area contributed by atoms with E-state index >= 15 is 0 Å². The third-order valence-electron chi connectivity index (χ3n) is 2.84. The summed E-state index contributed by atoms with van der Waals surface area (Å²) in [6, 6.07) is 5.80. The highest BCUT2D eigenvalue weighted by molar-refractivity contribution is 7.07. The maximum absolute atomic E-state index is 12.1. The van der Waals surface area contributed by atoms with Gasteiger partial charge in [-0.25, -0.2) is 4.98 Å².